The Bertz CT molecular complexity index is 877. The Morgan fingerprint density at radius 3 is 2.75 bits per heavy atom. The standard InChI is InChI=1S/C22H27N5O/c1-17-8-6-7-13-27(17)16-21-24-22(25-28-21)19-11-12-20(23-14-19)26(2)15-18-9-4-3-5-10-18/h3-5,9-12,14,17H,6-8,13,15-16H2,1-2H3/t17-/m0/s1. The lowest BCUT2D eigenvalue weighted by Gasteiger charge is -2.31. The molecule has 0 amide bonds. The van der Waals surface area contributed by atoms with E-state index in [1.54, 1.807) is 0 Å². The van der Waals surface area contributed by atoms with Crippen molar-refractivity contribution in [2.75, 3.05) is 18.5 Å². The van der Waals surface area contributed by atoms with Gasteiger partial charge in [-0.25, -0.2) is 4.98 Å². The van der Waals surface area contributed by atoms with Gasteiger partial charge < -0.3 is 9.42 Å². The van der Waals surface area contributed by atoms with Gasteiger partial charge in [0.05, 0.1) is 6.54 Å². The van der Waals surface area contributed by atoms with E-state index < -0.39 is 0 Å². The fourth-order valence-electron chi connectivity index (χ4n) is 3.68. The van der Waals surface area contributed by atoms with Crippen LogP contribution in [-0.4, -0.2) is 39.7 Å². The Labute approximate surface area is 166 Å². The second-order valence-corrected chi connectivity index (χ2v) is 7.57. The molecule has 28 heavy (non-hydrogen) atoms. The van der Waals surface area contributed by atoms with E-state index in [2.05, 4.69) is 56.1 Å². The van der Waals surface area contributed by atoms with Gasteiger partial charge >= 0.3 is 0 Å². The number of hydrogen-bond acceptors (Lipinski definition) is 6. The summed E-state index contributed by atoms with van der Waals surface area (Å²) in [5, 5.41) is 4.15. The zero-order valence-corrected chi connectivity index (χ0v) is 16.6. The van der Waals surface area contributed by atoms with Crippen LogP contribution in [0.25, 0.3) is 11.4 Å². The maximum absolute atomic E-state index is 5.49. The van der Waals surface area contributed by atoms with Gasteiger partial charge in [0.25, 0.3) is 0 Å². The predicted molar refractivity (Wildman–Crippen MR) is 110 cm³/mol. The van der Waals surface area contributed by atoms with Gasteiger partial charge in [-0.15, -0.1) is 0 Å². The summed E-state index contributed by atoms with van der Waals surface area (Å²) >= 11 is 0. The van der Waals surface area contributed by atoms with Gasteiger partial charge in [-0.05, 0) is 44.0 Å². The lowest BCUT2D eigenvalue weighted by molar-refractivity contribution is 0.135. The van der Waals surface area contributed by atoms with Crippen LogP contribution in [0.15, 0.2) is 53.2 Å². The summed E-state index contributed by atoms with van der Waals surface area (Å²) in [5.41, 5.74) is 2.13. The van der Waals surface area contributed by atoms with Crippen LogP contribution < -0.4 is 4.90 Å². The fraction of sp³-hybridized carbons (Fsp3) is 0.409. The van der Waals surface area contributed by atoms with Crippen molar-refractivity contribution in [3.8, 4) is 11.4 Å². The maximum Gasteiger partial charge on any atom is 0.241 e. The molecule has 0 spiro atoms. The highest BCUT2D eigenvalue weighted by atomic mass is 16.5. The normalized spacial score (nSPS) is 17.6. The van der Waals surface area contributed by atoms with Crippen molar-refractivity contribution in [1.82, 2.24) is 20.0 Å². The lowest BCUT2D eigenvalue weighted by Crippen LogP contribution is -2.36. The highest BCUT2D eigenvalue weighted by Crippen LogP contribution is 2.22. The van der Waals surface area contributed by atoms with Gasteiger partial charge in [-0.1, -0.05) is 41.9 Å². The highest BCUT2D eigenvalue weighted by molar-refractivity contribution is 5.55. The van der Waals surface area contributed by atoms with Gasteiger partial charge in [0.2, 0.25) is 11.7 Å². The Kier molecular flexibility index (Phi) is 5.67. The summed E-state index contributed by atoms with van der Waals surface area (Å²) in [4.78, 5) is 13.7. The Morgan fingerprint density at radius 1 is 1.14 bits per heavy atom. The van der Waals surface area contributed by atoms with Crippen molar-refractivity contribution < 1.29 is 4.52 Å². The molecule has 1 aliphatic rings. The number of anilines is 1. The first-order valence-electron chi connectivity index (χ1n) is 9.97. The molecule has 0 unspecified atom stereocenters. The van der Waals surface area contributed by atoms with Crippen molar-refractivity contribution in [3.05, 3.63) is 60.1 Å². The monoisotopic (exact) mass is 377 g/mol. The van der Waals surface area contributed by atoms with Gasteiger partial charge in [-0.2, -0.15) is 4.98 Å². The van der Waals surface area contributed by atoms with E-state index in [0.29, 0.717) is 17.8 Å². The molecule has 1 aromatic carbocycles. The van der Waals surface area contributed by atoms with Crippen molar-refractivity contribution in [2.45, 2.75) is 45.3 Å². The third kappa shape index (κ3) is 4.39. The molecule has 0 N–H and O–H groups in total. The number of benzene rings is 1. The first-order chi connectivity index (χ1) is 13.7. The van der Waals surface area contributed by atoms with E-state index in [9.17, 15) is 0 Å². The molecule has 1 saturated heterocycles. The molecule has 1 aliphatic heterocycles. The van der Waals surface area contributed by atoms with Crippen LogP contribution in [0.3, 0.4) is 0 Å². The van der Waals surface area contributed by atoms with E-state index in [1.807, 2.05) is 31.4 Å². The molecule has 3 heterocycles. The van der Waals surface area contributed by atoms with E-state index in [0.717, 1.165) is 31.0 Å². The maximum atomic E-state index is 5.49. The summed E-state index contributed by atoms with van der Waals surface area (Å²) in [7, 11) is 2.04. The highest BCUT2D eigenvalue weighted by Gasteiger charge is 2.21. The number of pyridine rings is 1. The first kappa shape index (κ1) is 18.6. The van der Waals surface area contributed by atoms with Crippen LogP contribution in [0.2, 0.25) is 0 Å². The molecule has 6 heteroatoms. The Hall–Kier alpha value is -2.73. The Balaban J connectivity index is 1.40. The van der Waals surface area contributed by atoms with Crippen LogP contribution in [0, 0.1) is 0 Å². The molecule has 6 nitrogen and oxygen atoms in total. The molecule has 2 aromatic heterocycles. The number of nitrogens with zero attached hydrogens (tertiary/aromatic N) is 5. The summed E-state index contributed by atoms with van der Waals surface area (Å²) in [6, 6.07) is 15.0. The van der Waals surface area contributed by atoms with Crippen molar-refractivity contribution in [2.24, 2.45) is 0 Å². The van der Waals surface area contributed by atoms with Crippen LogP contribution in [0.1, 0.15) is 37.6 Å². The summed E-state index contributed by atoms with van der Waals surface area (Å²) in [6.45, 7) is 4.90. The van der Waals surface area contributed by atoms with E-state index in [4.69, 9.17) is 4.52 Å². The number of aromatic nitrogens is 3. The summed E-state index contributed by atoms with van der Waals surface area (Å²) in [6.07, 6.45) is 5.61. The zero-order valence-electron chi connectivity index (χ0n) is 16.6. The first-order valence-corrected chi connectivity index (χ1v) is 9.97. The number of likely N-dealkylation sites (tertiary alicyclic amines) is 1. The van der Waals surface area contributed by atoms with Crippen LogP contribution in [0.5, 0.6) is 0 Å². The number of rotatable bonds is 6. The van der Waals surface area contributed by atoms with E-state index in [-0.39, 0.29) is 0 Å². The van der Waals surface area contributed by atoms with Gasteiger partial charge in [0.1, 0.15) is 5.82 Å². The van der Waals surface area contributed by atoms with Gasteiger partial charge in [-0.3, -0.25) is 4.90 Å². The van der Waals surface area contributed by atoms with Crippen LogP contribution in [0.4, 0.5) is 5.82 Å². The minimum Gasteiger partial charge on any atom is -0.355 e. The molecule has 3 aromatic rings. The number of piperidine rings is 1. The molecule has 146 valence electrons. The minimum atomic E-state index is 0.574. The molecular weight excluding hydrogens is 350 g/mol. The molecule has 1 atom stereocenters. The third-order valence-electron chi connectivity index (χ3n) is 5.41. The predicted octanol–water partition coefficient (Wildman–Crippen LogP) is 4.14. The van der Waals surface area contributed by atoms with E-state index >= 15 is 0 Å². The van der Waals surface area contributed by atoms with Crippen molar-refractivity contribution >= 4 is 5.82 Å². The lowest BCUT2D eigenvalue weighted by atomic mass is 10.0. The quantitative estimate of drug-likeness (QED) is 0.643. The second kappa shape index (κ2) is 8.52. The SMILES string of the molecule is C[C@H]1CCCCN1Cc1nc(-c2ccc(N(C)Cc3ccccc3)nc2)no1. The summed E-state index contributed by atoms with van der Waals surface area (Å²) < 4.78 is 5.49. The fourth-order valence-corrected chi connectivity index (χ4v) is 3.68. The molecule has 4 rings (SSSR count). The molecular formula is C22H27N5O. The van der Waals surface area contributed by atoms with Crippen LogP contribution >= 0.6 is 0 Å². The van der Waals surface area contributed by atoms with Gasteiger partial charge in [0.15, 0.2) is 0 Å². The zero-order chi connectivity index (χ0) is 19.3. The summed E-state index contributed by atoms with van der Waals surface area (Å²) in [5.74, 6) is 2.19. The average Bonchev–Trinajstić information content (AvgIpc) is 3.19. The topological polar surface area (TPSA) is 58.3 Å². The molecule has 0 radical (unpaired) electrons. The molecule has 0 aliphatic carbocycles. The van der Waals surface area contributed by atoms with Gasteiger partial charge in [0, 0.05) is 31.4 Å². The minimum absolute atomic E-state index is 0.574. The van der Waals surface area contributed by atoms with Crippen molar-refractivity contribution in [3.63, 3.8) is 0 Å². The second-order valence-electron chi connectivity index (χ2n) is 7.57. The molecule has 0 bridgehead atoms. The Morgan fingerprint density at radius 2 is 2.00 bits per heavy atom. The largest absolute Gasteiger partial charge is 0.355 e. The molecule has 1 fully saturated rings. The molecule has 0 saturated carbocycles. The number of hydrogen-bond donors (Lipinski definition) is 0. The average molecular weight is 377 g/mol. The smallest absolute Gasteiger partial charge is 0.241 e. The van der Waals surface area contributed by atoms with Crippen molar-refractivity contribution in [1.29, 1.82) is 0 Å². The third-order valence-corrected chi connectivity index (χ3v) is 5.41. The van der Waals surface area contributed by atoms with Crippen LogP contribution in [-0.2, 0) is 13.1 Å². The van der Waals surface area contributed by atoms with E-state index in [1.165, 1.54) is 24.8 Å².